The number of benzene rings is 18. The Balaban J connectivity index is 0.590. The van der Waals surface area contributed by atoms with Crippen molar-refractivity contribution in [3.8, 4) is 158 Å². The second-order valence-corrected chi connectivity index (χ2v) is 31.9. The number of hydrogen-bond acceptors (Lipinski definition) is 12. The molecule has 0 fully saturated rings. The Morgan fingerprint density at radius 2 is 0.421 bits per heavy atom. The molecule has 0 bridgehead atoms. The van der Waals surface area contributed by atoms with E-state index in [9.17, 15) is 0 Å². The van der Waals surface area contributed by atoms with Crippen LogP contribution in [0.4, 0.5) is 0 Å². The van der Waals surface area contributed by atoms with E-state index in [1.807, 2.05) is 61.3 Å². The van der Waals surface area contributed by atoms with Crippen LogP contribution in [-0.2, 0) is 0 Å². The van der Waals surface area contributed by atoms with Crippen molar-refractivity contribution in [3.05, 3.63) is 413 Å². The van der Waals surface area contributed by atoms with Crippen molar-refractivity contribution < 1.29 is 0 Å². The molecule has 0 saturated carbocycles. The molecule has 126 heavy (non-hydrogen) atoms. The fourth-order valence-corrected chi connectivity index (χ4v) is 18.3. The van der Waals surface area contributed by atoms with Crippen molar-refractivity contribution in [1.29, 1.82) is 0 Å². The topological polar surface area (TPSA) is 155 Å². The van der Waals surface area contributed by atoms with Crippen LogP contribution in [0.1, 0.15) is 0 Å². The molecule has 0 aliphatic heterocycles. The zero-order valence-corrected chi connectivity index (χ0v) is 67.6. The summed E-state index contributed by atoms with van der Waals surface area (Å²) in [7, 11) is 0. The van der Waals surface area contributed by atoms with Crippen LogP contribution in [0.5, 0.6) is 0 Å². The van der Waals surface area contributed by atoms with Crippen molar-refractivity contribution in [2.45, 2.75) is 0 Å². The normalized spacial score (nSPS) is 11.7. The summed E-state index contributed by atoms with van der Waals surface area (Å²) in [6.45, 7) is 0. The van der Waals surface area contributed by atoms with Crippen molar-refractivity contribution in [2.24, 2.45) is 0 Å². The Morgan fingerprint density at radius 3 is 0.841 bits per heavy atom. The number of pyridine rings is 3. The lowest BCUT2D eigenvalue weighted by Gasteiger charge is -2.14. The molecule has 6 heterocycles. The molecule has 6 aromatic heterocycles. The fourth-order valence-electron chi connectivity index (χ4n) is 18.3. The standard InChI is InChI=1S/C114H68N12/c1-2-23-74(24-3-1)106-118-108(123-112(121-106)99-63-81-49-44-71-20-4-7-33-90(71)103(81)96-39-13-10-36-93(96)99)84-29-16-25-76(58-84)79-54-57-117-102(66-79)80-28-19-32-87(61-80)111-120-110(125-114(126-111)101-65-83-51-46-73-22-6-9-35-92(73)105(83)98-41-15-12-38-95(98)101)86-31-18-27-78(60-86)89-62-88(67-116-68-89)77-26-17-30-85(59-77)109-119-107(75-47-42-69(43-48-75)70-52-55-115-56-53-70)122-113(124-109)100-64-82-50-45-72-21-5-8-34-91(72)104(82)97-40-14-11-37-94(97)100/h1-68H. The number of rotatable bonds is 14. The number of hydrogen-bond donors (Lipinski definition) is 0. The molecule has 0 N–H and O–H groups in total. The van der Waals surface area contributed by atoms with Crippen LogP contribution < -0.4 is 0 Å². The third kappa shape index (κ3) is 13.1. The Hall–Kier alpha value is -17.2. The van der Waals surface area contributed by atoms with Crippen molar-refractivity contribution >= 4 is 97.0 Å². The van der Waals surface area contributed by atoms with E-state index in [2.05, 4.69) is 357 Å². The molecule has 0 aliphatic carbocycles. The highest BCUT2D eigenvalue weighted by atomic mass is 15.1. The Labute approximate surface area is 723 Å². The van der Waals surface area contributed by atoms with Crippen molar-refractivity contribution in [3.63, 3.8) is 0 Å². The first-order chi connectivity index (χ1) is 62.4. The average molecular weight is 1610 g/mol. The number of nitrogens with zero attached hydrogens (tertiary/aromatic N) is 12. The summed E-state index contributed by atoms with van der Waals surface area (Å²) in [5.74, 6) is 4.97. The van der Waals surface area contributed by atoms with E-state index < -0.39 is 0 Å². The van der Waals surface area contributed by atoms with Crippen molar-refractivity contribution in [1.82, 2.24) is 59.8 Å². The third-order valence-electron chi connectivity index (χ3n) is 24.3. The molecular weight excluding hydrogens is 1540 g/mol. The first-order valence-corrected chi connectivity index (χ1v) is 42.1. The monoisotopic (exact) mass is 1600 g/mol. The van der Waals surface area contributed by atoms with Gasteiger partial charge >= 0.3 is 0 Å². The van der Waals surface area contributed by atoms with E-state index in [0.717, 1.165) is 154 Å². The highest BCUT2D eigenvalue weighted by Crippen LogP contribution is 2.45. The van der Waals surface area contributed by atoms with Crippen molar-refractivity contribution in [2.75, 3.05) is 0 Å². The molecule has 12 nitrogen and oxygen atoms in total. The van der Waals surface area contributed by atoms with Gasteiger partial charge in [-0.05, 0) is 203 Å². The molecule has 24 aromatic rings. The second-order valence-electron chi connectivity index (χ2n) is 31.9. The van der Waals surface area contributed by atoms with E-state index in [4.69, 9.17) is 54.8 Å². The number of aromatic nitrogens is 12. The zero-order chi connectivity index (χ0) is 83.1. The fraction of sp³-hybridized carbons (Fsp3) is 0. The summed E-state index contributed by atoms with van der Waals surface area (Å²) in [6, 6.07) is 134. The minimum absolute atomic E-state index is 0.504. The highest BCUT2D eigenvalue weighted by Gasteiger charge is 2.24. The maximum atomic E-state index is 5.51. The lowest BCUT2D eigenvalue weighted by atomic mass is 9.93. The molecule has 0 aliphatic rings. The van der Waals surface area contributed by atoms with E-state index in [0.29, 0.717) is 52.4 Å². The van der Waals surface area contributed by atoms with Crippen LogP contribution in [0.2, 0.25) is 0 Å². The quantitative estimate of drug-likeness (QED) is 0.0952. The Morgan fingerprint density at radius 1 is 0.143 bits per heavy atom. The lowest BCUT2D eigenvalue weighted by Crippen LogP contribution is -2.01. The van der Waals surface area contributed by atoms with E-state index >= 15 is 0 Å². The van der Waals surface area contributed by atoms with E-state index in [1.54, 1.807) is 0 Å². The molecule has 12 heteroatoms. The predicted octanol–water partition coefficient (Wildman–Crippen LogP) is 28.1. The summed E-state index contributed by atoms with van der Waals surface area (Å²) in [5.41, 5.74) is 17.2. The molecule has 18 aromatic carbocycles. The summed E-state index contributed by atoms with van der Waals surface area (Å²) in [4.78, 5) is 62.7. The highest BCUT2D eigenvalue weighted by molar-refractivity contribution is 6.26. The molecule has 0 atom stereocenters. The van der Waals surface area contributed by atoms with Gasteiger partial charge in [-0.2, -0.15) is 0 Å². The minimum Gasteiger partial charge on any atom is -0.265 e. The first kappa shape index (κ1) is 72.8. The summed E-state index contributed by atoms with van der Waals surface area (Å²) in [5, 5.41) is 20.5. The SMILES string of the molecule is c1ccc(-c2nc(-c3cccc(-c4ccnc(-c5cccc(-c6nc(-c7cccc(-c8cncc(-c9cccc(-c%10nc(-c%11ccc(-c%12ccncc%12)cc%11)nc(-c%11cc%12ccc%13ccccc%13c%12c%12ccccc%11%12)n%10)c9)c8)c7)nc(-c7cc8ccc9ccccc9c8c8ccccc78)n6)c5)c4)c3)nc(-c3cc4ccc5ccccc5c4c4ccccc34)n2)cc1. The molecular formula is C114H68N12. The molecule has 0 amide bonds. The minimum atomic E-state index is 0.504. The van der Waals surface area contributed by atoms with Gasteiger partial charge in [0.25, 0.3) is 0 Å². The van der Waals surface area contributed by atoms with Gasteiger partial charge in [0.1, 0.15) is 0 Å². The Bertz CT molecular complexity index is 8540. The molecule has 584 valence electrons. The number of fused-ring (bicyclic) bond motifs is 15. The largest absolute Gasteiger partial charge is 0.265 e. The Kier molecular flexibility index (Phi) is 17.6. The van der Waals surface area contributed by atoms with Gasteiger partial charge < -0.3 is 0 Å². The van der Waals surface area contributed by atoms with Crippen LogP contribution in [0.15, 0.2) is 413 Å². The molecule has 0 saturated heterocycles. The summed E-state index contributed by atoms with van der Waals surface area (Å²) in [6.07, 6.45) is 9.33. The second kappa shape index (κ2) is 30.5. The van der Waals surface area contributed by atoms with Crippen LogP contribution in [0.3, 0.4) is 0 Å². The third-order valence-corrected chi connectivity index (χ3v) is 24.3. The van der Waals surface area contributed by atoms with Gasteiger partial charge in [0.05, 0.1) is 5.69 Å². The van der Waals surface area contributed by atoms with Crippen LogP contribution in [0.25, 0.3) is 255 Å². The average Bonchev–Trinajstić information content (AvgIpc) is 0.746. The van der Waals surface area contributed by atoms with E-state index in [-0.39, 0.29) is 0 Å². The molecule has 0 unspecified atom stereocenters. The van der Waals surface area contributed by atoms with E-state index in [1.165, 1.54) is 48.5 Å². The summed E-state index contributed by atoms with van der Waals surface area (Å²) >= 11 is 0. The summed E-state index contributed by atoms with van der Waals surface area (Å²) < 4.78 is 0. The van der Waals surface area contributed by atoms with Gasteiger partial charge in [0.2, 0.25) is 0 Å². The van der Waals surface area contributed by atoms with Gasteiger partial charge in [-0.15, -0.1) is 0 Å². The van der Waals surface area contributed by atoms with Crippen LogP contribution in [-0.4, -0.2) is 59.8 Å². The molecule has 0 radical (unpaired) electrons. The zero-order valence-electron chi connectivity index (χ0n) is 67.6. The first-order valence-electron chi connectivity index (χ1n) is 42.1. The van der Waals surface area contributed by atoms with Gasteiger partial charge in [-0.3, -0.25) is 15.0 Å². The maximum Gasteiger partial charge on any atom is 0.164 e. The van der Waals surface area contributed by atoms with Crippen LogP contribution in [0, 0.1) is 0 Å². The molecule has 24 rings (SSSR count). The van der Waals surface area contributed by atoms with Gasteiger partial charge in [-0.25, -0.2) is 44.9 Å². The molecule has 0 spiro atoms. The lowest BCUT2D eigenvalue weighted by molar-refractivity contribution is 1.08. The smallest absolute Gasteiger partial charge is 0.164 e. The van der Waals surface area contributed by atoms with Crippen LogP contribution >= 0.6 is 0 Å². The van der Waals surface area contributed by atoms with Gasteiger partial charge in [0.15, 0.2) is 52.4 Å². The maximum absolute atomic E-state index is 5.51. The van der Waals surface area contributed by atoms with Gasteiger partial charge in [-0.1, -0.05) is 309 Å². The van der Waals surface area contributed by atoms with Gasteiger partial charge in [0, 0.05) is 97.7 Å². The predicted molar refractivity (Wildman–Crippen MR) is 514 cm³/mol.